The van der Waals surface area contributed by atoms with Gasteiger partial charge in [-0.2, -0.15) is 12.6 Å². The van der Waals surface area contributed by atoms with Crippen molar-refractivity contribution < 1.29 is 0 Å². The SMILES string of the molecule is CCC(C(S)C(C)(C)C)C(C)(C)C. The highest BCUT2D eigenvalue weighted by Gasteiger charge is 2.35. The molecule has 0 aromatic carbocycles. The van der Waals surface area contributed by atoms with E-state index in [2.05, 4.69) is 48.5 Å². The molecule has 0 nitrogen and oxygen atoms in total. The maximum absolute atomic E-state index is 4.78. The first-order chi connectivity index (χ1) is 5.60. The fourth-order valence-electron chi connectivity index (χ4n) is 1.91. The molecular weight excluding hydrogens is 176 g/mol. The van der Waals surface area contributed by atoms with Gasteiger partial charge in [-0.1, -0.05) is 54.9 Å². The van der Waals surface area contributed by atoms with Crippen molar-refractivity contribution in [2.24, 2.45) is 16.7 Å². The molecule has 0 aliphatic carbocycles. The van der Waals surface area contributed by atoms with Gasteiger partial charge in [0.05, 0.1) is 0 Å². The Kier molecular flexibility index (Phi) is 4.36. The molecule has 0 fully saturated rings. The molecule has 0 amide bonds. The molecule has 0 heterocycles. The van der Waals surface area contributed by atoms with Gasteiger partial charge in [-0.25, -0.2) is 0 Å². The third kappa shape index (κ3) is 3.93. The molecule has 0 saturated heterocycles. The van der Waals surface area contributed by atoms with Crippen LogP contribution in [0, 0.1) is 16.7 Å². The first kappa shape index (κ1) is 13.4. The summed E-state index contributed by atoms with van der Waals surface area (Å²) in [7, 11) is 0. The van der Waals surface area contributed by atoms with Crippen molar-refractivity contribution in [3.05, 3.63) is 0 Å². The Morgan fingerprint density at radius 1 is 0.923 bits per heavy atom. The smallest absolute Gasteiger partial charge is 0.00985 e. The second kappa shape index (κ2) is 4.25. The van der Waals surface area contributed by atoms with E-state index in [1.165, 1.54) is 6.42 Å². The van der Waals surface area contributed by atoms with Gasteiger partial charge in [0.1, 0.15) is 0 Å². The summed E-state index contributed by atoms with van der Waals surface area (Å²) in [4.78, 5) is 0. The van der Waals surface area contributed by atoms with E-state index in [4.69, 9.17) is 12.6 Å². The van der Waals surface area contributed by atoms with Gasteiger partial charge >= 0.3 is 0 Å². The third-order valence-electron chi connectivity index (χ3n) is 2.82. The summed E-state index contributed by atoms with van der Waals surface area (Å²) in [5, 5.41) is 0.484. The Morgan fingerprint density at radius 3 is 1.38 bits per heavy atom. The average Bonchev–Trinajstić information content (AvgIpc) is 1.83. The molecule has 0 radical (unpaired) electrons. The lowest BCUT2D eigenvalue weighted by molar-refractivity contribution is 0.172. The van der Waals surface area contributed by atoms with Crippen LogP contribution < -0.4 is 0 Å². The second-order valence-electron chi connectivity index (χ2n) is 6.19. The Bertz CT molecular complexity index is 147. The summed E-state index contributed by atoms with van der Waals surface area (Å²) in [5.41, 5.74) is 0.672. The van der Waals surface area contributed by atoms with E-state index in [9.17, 15) is 0 Å². The Hall–Kier alpha value is 0.350. The molecule has 2 unspecified atom stereocenters. The van der Waals surface area contributed by atoms with Crippen LogP contribution in [-0.2, 0) is 0 Å². The molecular formula is C12H26S. The molecule has 0 N–H and O–H groups in total. The molecule has 0 aliphatic rings. The van der Waals surface area contributed by atoms with E-state index >= 15 is 0 Å². The number of rotatable bonds is 2. The van der Waals surface area contributed by atoms with Crippen molar-refractivity contribution in [3.63, 3.8) is 0 Å². The summed E-state index contributed by atoms with van der Waals surface area (Å²) in [6.07, 6.45) is 1.22. The van der Waals surface area contributed by atoms with E-state index in [0.717, 1.165) is 0 Å². The normalized spacial score (nSPS) is 18.5. The molecule has 0 aliphatic heterocycles. The molecule has 80 valence electrons. The largest absolute Gasteiger partial charge is 0.175 e. The van der Waals surface area contributed by atoms with Crippen LogP contribution in [0.1, 0.15) is 54.9 Å². The lowest BCUT2D eigenvalue weighted by atomic mass is 9.70. The van der Waals surface area contributed by atoms with Crippen LogP contribution in [0.4, 0.5) is 0 Å². The van der Waals surface area contributed by atoms with Crippen LogP contribution in [0.5, 0.6) is 0 Å². The van der Waals surface area contributed by atoms with E-state index in [0.29, 0.717) is 22.0 Å². The van der Waals surface area contributed by atoms with Crippen molar-refractivity contribution in [3.8, 4) is 0 Å². The maximum atomic E-state index is 4.78. The van der Waals surface area contributed by atoms with Crippen LogP contribution in [-0.4, -0.2) is 5.25 Å². The molecule has 0 aromatic rings. The zero-order chi connectivity index (χ0) is 10.9. The van der Waals surface area contributed by atoms with E-state index in [1.807, 2.05) is 0 Å². The van der Waals surface area contributed by atoms with Gasteiger partial charge in [-0.05, 0) is 16.7 Å². The molecule has 0 rings (SSSR count). The molecule has 0 spiro atoms. The van der Waals surface area contributed by atoms with E-state index < -0.39 is 0 Å². The van der Waals surface area contributed by atoms with Gasteiger partial charge in [0.15, 0.2) is 0 Å². The van der Waals surface area contributed by atoms with Crippen molar-refractivity contribution in [2.75, 3.05) is 0 Å². The highest BCUT2D eigenvalue weighted by atomic mass is 32.1. The highest BCUT2D eigenvalue weighted by Crippen LogP contribution is 2.41. The molecule has 1 heteroatoms. The van der Waals surface area contributed by atoms with Gasteiger partial charge in [0.2, 0.25) is 0 Å². The summed E-state index contributed by atoms with van der Waals surface area (Å²) in [6, 6.07) is 0. The van der Waals surface area contributed by atoms with Crippen molar-refractivity contribution in [1.29, 1.82) is 0 Å². The summed E-state index contributed by atoms with van der Waals surface area (Å²) < 4.78 is 0. The lowest BCUT2D eigenvalue weighted by Crippen LogP contribution is -2.36. The Labute approximate surface area is 89.9 Å². The molecule has 2 atom stereocenters. The van der Waals surface area contributed by atoms with E-state index in [1.54, 1.807) is 0 Å². The minimum Gasteiger partial charge on any atom is -0.175 e. The molecule has 0 saturated carbocycles. The van der Waals surface area contributed by atoms with Gasteiger partial charge < -0.3 is 0 Å². The van der Waals surface area contributed by atoms with Crippen LogP contribution in [0.3, 0.4) is 0 Å². The van der Waals surface area contributed by atoms with Gasteiger partial charge in [0, 0.05) is 5.25 Å². The standard InChI is InChI=1S/C12H26S/c1-8-9(11(2,3)4)10(13)12(5,6)7/h9-10,13H,8H2,1-7H3. The fourth-order valence-corrected chi connectivity index (χ4v) is 2.57. The van der Waals surface area contributed by atoms with Crippen molar-refractivity contribution in [2.45, 2.75) is 60.1 Å². The Morgan fingerprint density at radius 2 is 1.31 bits per heavy atom. The maximum Gasteiger partial charge on any atom is 0.00985 e. The predicted molar refractivity (Wildman–Crippen MR) is 65.5 cm³/mol. The van der Waals surface area contributed by atoms with Crippen LogP contribution >= 0.6 is 12.6 Å². The molecule has 0 bridgehead atoms. The summed E-state index contributed by atoms with van der Waals surface area (Å²) in [5.74, 6) is 0.691. The number of hydrogen-bond acceptors (Lipinski definition) is 1. The summed E-state index contributed by atoms with van der Waals surface area (Å²) >= 11 is 4.78. The molecule has 13 heavy (non-hydrogen) atoms. The van der Waals surface area contributed by atoms with Crippen molar-refractivity contribution >= 4 is 12.6 Å². The zero-order valence-corrected chi connectivity index (χ0v) is 11.2. The number of hydrogen-bond donors (Lipinski definition) is 1. The van der Waals surface area contributed by atoms with Gasteiger partial charge in [-0.15, -0.1) is 0 Å². The van der Waals surface area contributed by atoms with Crippen LogP contribution in [0.2, 0.25) is 0 Å². The number of thiol groups is 1. The first-order valence-corrected chi connectivity index (χ1v) is 5.80. The Balaban J connectivity index is 4.61. The van der Waals surface area contributed by atoms with Gasteiger partial charge in [-0.3, -0.25) is 0 Å². The topological polar surface area (TPSA) is 0 Å². The van der Waals surface area contributed by atoms with Gasteiger partial charge in [0.25, 0.3) is 0 Å². The zero-order valence-electron chi connectivity index (χ0n) is 10.3. The van der Waals surface area contributed by atoms with Crippen molar-refractivity contribution in [1.82, 2.24) is 0 Å². The second-order valence-corrected chi connectivity index (χ2v) is 6.75. The predicted octanol–water partition coefficient (Wildman–Crippen LogP) is 4.40. The quantitative estimate of drug-likeness (QED) is 0.630. The third-order valence-corrected chi connectivity index (χ3v) is 3.96. The van der Waals surface area contributed by atoms with E-state index in [-0.39, 0.29) is 0 Å². The minimum atomic E-state index is 0.303. The van der Waals surface area contributed by atoms with Crippen LogP contribution in [0.25, 0.3) is 0 Å². The highest BCUT2D eigenvalue weighted by molar-refractivity contribution is 7.81. The summed E-state index contributed by atoms with van der Waals surface area (Å²) in [6.45, 7) is 16.0. The fraction of sp³-hybridized carbons (Fsp3) is 1.00. The average molecular weight is 202 g/mol. The molecule has 0 aromatic heterocycles. The lowest BCUT2D eigenvalue weighted by Gasteiger charge is -2.40. The minimum absolute atomic E-state index is 0.303. The first-order valence-electron chi connectivity index (χ1n) is 5.28. The monoisotopic (exact) mass is 202 g/mol. The van der Waals surface area contributed by atoms with Crippen LogP contribution in [0.15, 0.2) is 0 Å².